The van der Waals surface area contributed by atoms with Crippen molar-refractivity contribution >= 4 is 5.91 Å². The Morgan fingerprint density at radius 2 is 1.86 bits per heavy atom. The summed E-state index contributed by atoms with van der Waals surface area (Å²) in [4.78, 5) is 25.5. The van der Waals surface area contributed by atoms with E-state index in [4.69, 9.17) is 10.00 Å². The lowest BCUT2D eigenvalue weighted by atomic mass is 9.88. The van der Waals surface area contributed by atoms with Crippen molar-refractivity contribution in [2.24, 2.45) is 0 Å². The number of likely N-dealkylation sites (N-methyl/N-ethyl adjacent to an activating group) is 1. The molecular weight excluding hydrogens is 438 g/mol. The first kappa shape index (κ1) is 23.3. The van der Waals surface area contributed by atoms with Crippen molar-refractivity contribution in [2.45, 2.75) is 44.9 Å². The molecule has 5 rings (SSSR count). The summed E-state index contributed by atoms with van der Waals surface area (Å²) in [5.74, 6) is 1.25. The Hall–Kier alpha value is -3.47. The van der Waals surface area contributed by atoms with Gasteiger partial charge in [0.25, 0.3) is 5.91 Å². The summed E-state index contributed by atoms with van der Waals surface area (Å²) in [5.41, 5.74) is 6.62. The van der Waals surface area contributed by atoms with Gasteiger partial charge in [-0.3, -0.25) is 9.69 Å². The van der Waals surface area contributed by atoms with E-state index in [9.17, 15) is 4.79 Å². The van der Waals surface area contributed by atoms with Crippen LogP contribution in [0.15, 0.2) is 42.6 Å². The Morgan fingerprint density at radius 3 is 2.49 bits per heavy atom. The van der Waals surface area contributed by atoms with Crippen LogP contribution in [-0.4, -0.2) is 59.1 Å². The first-order valence-electron chi connectivity index (χ1n) is 12.1. The topological polar surface area (TPSA) is 88.6 Å². The number of aryl methyl sites for hydroxylation is 2. The van der Waals surface area contributed by atoms with Crippen LogP contribution in [0.5, 0.6) is 0 Å². The highest BCUT2D eigenvalue weighted by Gasteiger charge is 2.43. The van der Waals surface area contributed by atoms with E-state index in [0.717, 1.165) is 59.7 Å². The lowest BCUT2D eigenvalue weighted by Gasteiger charge is -2.32. The predicted octanol–water partition coefficient (Wildman–Crippen LogP) is 4.54. The van der Waals surface area contributed by atoms with Crippen molar-refractivity contribution < 1.29 is 9.53 Å². The normalized spacial score (nSPS) is 20.2. The summed E-state index contributed by atoms with van der Waals surface area (Å²) in [7, 11) is 3.99. The van der Waals surface area contributed by atoms with Gasteiger partial charge in [0.1, 0.15) is 18.2 Å². The summed E-state index contributed by atoms with van der Waals surface area (Å²) in [6.07, 6.45) is 3.76. The molecule has 1 aromatic heterocycles. The van der Waals surface area contributed by atoms with E-state index in [2.05, 4.69) is 29.0 Å². The first-order valence-corrected chi connectivity index (χ1v) is 12.1. The lowest BCUT2D eigenvalue weighted by Crippen LogP contribution is -2.38. The number of amides is 1. The van der Waals surface area contributed by atoms with Crippen molar-refractivity contribution in [3.63, 3.8) is 0 Å². The van der Waals surface area contributed by atoms with Crippen molar-refractivity contribution in [3.05, 3.63) is 76.1 Å². The Morgan fingerprint density at radius 1 is 1.14 bits per heavy atom. The number of carbonyl (C=O) groups excluding carboxylic acids is 1. The standard InChI is InChI=1S/C28H31N5O2/c1-17-13-18(2)23(14-22(17)26-30-16-24(31-26)25-28(35-25)32(3)4)27(34)33-11-9-21(10-12-33)20-7-5-19(15-29)6-8-20/h5-8,13-14,16,21,25,28H,9-12H2,1-4H3,(H,30,31). The molecular formula is C28H31N5O2. The monoisotopic (exact) mass is 469 g/mol. The Bertz CT molecular complexity index is 1280. The van der Waals surface area contributed by atoms with E-state index in [0.29, 0.717) is 11.5 Å². The van der Waals surface area contributed by atoms with Crippen molar-refractivity contribution in [3.8, 4) is 17.5 Å². The van der Waals surface area contributed by atoms with Crippen molar-refractivity contribution in [1.29, 1.82) is 5.26 Å². The molecule has 0 aliphatic carbocycles. The number of imidazole rings is 1. The number of H-pyrrole nitrogens is 1. The number of nitrogens with zero attached hydrogens (tertiary/aromatic N) is 4. The fraction of sp³-hybridized carbons (Fsp3) is 0.393. The average Bonchev–Trinajstić information content (AvgIpc) is 3.54. The van der Waals surface area contributed by atoms with Crippen LogP contribution < -0.4 is 0 Å². The second-order valence-electron chi connectivity index (χ2n) is 9.88. The minimum atomic E-state index is 0.00973. The molecule has 7 nitrogen and oxygen atoms in total. The second kappa shape index (κ2) is 9.29. The number of aromatic nitrogens is 2. The number of aromatic amines is 1. The summed E-state index contributed by atoms with van der Waals surface area (Å²) in [6, 6.07) is 14.1. The van der Waals surface area contributed by atoms with Crippen molar-refractivity contribution in [1.82, 2.24) is 19.8 Å². The number of ether oxygens (including phenoxy) is 1. The van der Waals surface area contributed by atoms with Crippen LogP contribution in [-0.2, 0) is 4.74 Å². The summed E-state index contributed by atoms with van der Waals surface area (Å²) >= 11 is 0. The molecule has 0 radical (unpaired) electrons. The molecule has 0 saturated carbocycles. The van der Waals surface area contributed by atoms with Gasteiger partial charge in [0.05, 0.1) is 23.5 Å². The number of rotatable bonds is 5. The number of carbonyl (C=O) groups is 1. The molecule has 1 amide bonds. The smallest absolute Gasteiger partial charge is 0.254 e. The number of benzene rings is 2. The molecule has 3 aromatic rings. The molecule has 0 bridgehead atoms. The van der Waals surface area contributed by atoms with Gasteiger partial charge >= 0.3 is 0 Å². The number of hydrogen-bond donors (Lipinski definition) is 1. The highest BCUT2D eigenvalue weighted by Crippen LogP contribution is 2.39. The SMILES string of the molecule is Cc1cc(C)c(-c2ncc(C3OC3N(C)C)[nH]2)cc1C(=O)N1CCC(c2ccc(C#N)cc2)CC1. The molecule has 3 heterocycles. The average molecular weight is 470 g/mol. The van der Waals surface area contributed by atoms with Gasteiger partial charge in [-0.05, 0) is 81.6 Å². The fourth-order valence-electron chi connectivity index (χ4n) is 5.09. The Balaban J connectivity index is 1.30. The minimum Gasteiger partial charge on any atom is -0.346 e. The maximum absolute atomic E-state index is 13.5. The maximum Gasteiger partial charge on any atom is 0.254 e. The summed E-state index contributed by atoms with van der Waals surface area (Å²) in [6.45, 7) is 5.50. The molecule has 2 saturated heterocycles. The molecule has 2 atom stereocenters. The van der Waals surface area contributed by atoms with Crippen LogP contribution in [0.3, 0.4) is 0 Å². The van der Waals surface area contributed by atoms with Gasteiger partial charge in [-0.15, -0.1) is 0 Å². The third kappa shape index (κ3) is 4.60. The van der Waals surface area contributed by atoms with Crippen LogP contribution >= 0.6 is 0 Å². The highest BCUT2D eigenvalue weighted by molar-refractivity contribution is 5.97. The largest absolute Gasteiger partial charge is 0.346 e. The van der Waals surface area contributed by atoms with Gasteiger partial charge in [0, 0.05) is 24.2 Å². The third-order valence-electron chi connectivity index (χ3n) is 7.23. The second-order valence-corrected chi connectivity index (χ2v) is 9.88. The molecule has 2 fully saturated rings. The fourth-order valence-corrected chi connectivity index (χ4v) is 5.09. The van der Waals surface area contributed by atoms with E-state index in [1.54, 1.807) is 0 Å². The zero-order chi connectivity index (χ0) is 24.7. The molecule has 2 aromatic carbocycles. The zero-order valence-corrected chi connectivity index (χ0v) is 20.7. The molecule has 35 heavy (non-hydrogen) atoms. The molecule has 0 spiro atoms. The quantitative estimate of drug-likeness (QED) is 0.554. The van der Waals surface area contributed by atoms with E-state index in [1.807, 2.05) is 67.3 Å². The molecule has 2 aliphatic rings. The summed E-state index contributed by atoms with van der Waals surface area (Å²) < 4.78 is 5.74. The van der Waals surface area contributed by atoms with E-state index < -0.39 is 0 Å². The van der Waals surface area contributed by atoms with Crippen LogP contribution in [0.4, 0.5) is 0 Å². The van der Waals surface area contributed by atoms with E-state index >= 15 is 0 Å². The number of nitriles is 1. The van der Waals surface area contributed by atoms with Gasteiger partial charge in [0.2, 0.25) is 0 Å². The van der Waals surface area contributed by atoms with Gasteiger partial charge in [-0.2, -0.15) is 5.26 Å². The molecule has 2 aliphatic heterocycles. The van der Waals surface area contributed by atoms with Crippen LogP contribution in [0, 0.1) is 25.2 Å². The first-order chi connectivity index (χ1) is 16.9. The molecule has 7 heteroatoms. The van der Waals surface area contributed by atoms with Crippen LogP contribution in [0.2, 0.25) is 0 Å². The number of piperidine rings is 1. The Labute approximate surface area is 206 Å². The number of likely N-dealkylation sites (tertiary alicyclic amines) is 1. The van der Waals surface area contributed by atoms with Crippen LogP contribution in [0.25, 0.3) is 11.4 Å². The van der Waals surface area contributed by atoms with E-state index in [1.165, 1.54) is 5.56 Å². The molecule has 2 unspecified atom stereocenters. The highest BCUT2D eigenvalue weighted by atomic mass is 16.6. The van der Waals surface area contributed by atoms with Gasteiger partial charge in [-0.1, -0.05) is 18.2 Å². The van der Waals surface area contributed by atoms with Gasteiger partial charge < -0.3 is 14.6 Å². The number of nitrogens with one attached hydrogen (secondary N) is 1. The zero-order valence-electron chi connectivity index (χ0n) is 20.7. The third-order valence-corrected chi connectivity index (χ3v) is 7.23. The van der Waals surface area contributed by atoms with Gasteiger partial charge in [-0.25, -0.2) is 4.98 Å². The lowest BCUT2D eigenvalue weighted by molar-refractivity contribution is 0.0712. The Kier molecular flexibility index (Phi) is 6.18. The maximum atomic E-state index is 13.5. The number of hydrogen-bond acceptors (Lipinski definition) is 5. The van der Waals surface area contributed by atoms with Gasteiger partial charge in [0.15, 0.2) is 0 Å². The molecule has 1 N–H and O–H groups in total. The van der Waals surface area contributed by atoms with Crippen LogP contribution in [0.1, 0.15) is 63.2 Å². The summed E-state index contributed by atoms with van der Waals surface area (Å²) in [5, 5.41) is 9.03. The van der Waals surface area contributed by atoms with E-state index in [-0.39, 0.29) is 18.2 Å². The minimum absolute atomic E-state index is 0.00973. The predicted molar refractivity (Wildman–Crippen MR) is 134 cm³/mol. The number of epoxide rings is 1. The molecule has 180 valence electrons. The van der Waals surface area contributed by atoms with Crippen molar-refractivity contribution in [2.75, 3.05) is 27.2 Å².